The number of ketones is 1. The van der Waals surface area contributed by atoms with Crippen molar-refractivity contribution in [2.45, 2.75) is 31.0 Å². The summed E-state index contributed by atoms with van der Waals surface area (Å²) in [5.74, 6) is -2.65. The SMILES string of the molecule is O=C1CC2(CC[C@H]1c1cc(F)ccc1F)OCCO2. The topological polar surface area (TPSA) is 35.5 Å². The monoisotopic (exact) mass is 268 g/mol. The highest BCUT2D eigenvalue weighted by atomic mass is 19.1. The first kappa shape index (κ1) is 12.7. The molecule has 0 aromatic heterocycles. The molecule has 19 heavy (non-hydrogen) atoms. The summed E-state index contributed by atoms with van der Waals surface area (Å²) in [6.45, 7) is 0.957. The van der Waals surface area contributed by atoms with E-state index in [-0.39, 0.29) is 17.8 Å². The van der Waals surface area contributed by atoms with Crippen LogP contribution in [0.25, 0.3) is 0 Å². The van der Waals surface area contributed by atoms with Crippen LogP contribution in [0.3, 0.4) is 0 Å². The minimum absolute atomic E-state index is 0.105. The predicted molar refractivity (Wildman–Crippen MR) is 62.6 cm³/mol. The Morgan fingerprint density at radius 2 is 1.95 bits per heavy atom. The minimum atomic E-state index is -0.822. The van der Waals surface area contributed by atoms with Crippen LogP contribution < -0.4 is 0 Å². The lowest BCUT2D eigenvalue weighted by Crippen LogP contribution is -2.40. The number of rotatable bonds is 1. The second-order valence-corrected chi connectivity index (χ2v) is 5.01. The average molecular weight is 268 g/mol. The second-order valence-electron chi connectivity index (χ2n) is 5.01. The van der Waals surface area contributed by atoms with Gasteiger partial charge in [0, 0.05) is 17.9 Å². The maximum absolute atomic E-state index is 13.7. The first-order chi connectivity index (χ1) is 9.10. The molecule has 1 saturated carbocycles. The molecule has 5 heteroatoms. The summed E-state index contributed by atoms with van der Waals surface area (Å²) in [6, 6.07) is 3.22. The summed E-state index contributed by atoms with van der Waals surface area (Å²) in [7, 11) is 0. The van der Waals surface area contributed by atoms with Crippen LogP contribution in [0.4, 0.5) is 8.78 Å². The summed E-state index contributed by atoms with van der Waals surface area (Å²) >= 11 is 0. The molecule has 3 nitrogen and oxygen atoms in total. The number of hydrogen-bond acceptors (Lipinski definition) is 3. The van der Waals surface area contributed by atoms with E-state index in [9.17, 15) is 13.6 Å². The molecule has 0 amide bonds. The van der Waals surface area contributed by atoms with E-state index in [0.717, 1.165) is 18.2 Å². The molecule has 1 heterocycles. The van der Waals surface area contributed by atoms with Crippen LogP contribution in [-0.4, -0.2) is 24.8 Å². The van der Waals surface area contributed by atoms with Crippen molar-refractivity contribution < 1.29 is 23.0 Å². The van der Waals surface area contributed by atoms with Crippen LogP contribution >= 0.6 is 0 Å². The summed E-state index contributed by atoms with van der Waals surface area (Å²) in [6.07, 6.45) is 1.05. The molecular weight excluding hydrogens is 254 g/mol. The number of ether oxygens (including phenoxy) is 2. The molecule has 0 unspecified atom stereocenters. The molecule has 1 aliphatic heterocycles. The zero-order valence-electron chi connectivity index (χ0n) is 10.3. The van der Waals surface area contributed by atoms with E-state index < -0.39 is 23.3 Å². The third-order valence-electron chi connectivity index (χ3n) is 3.79. The number of benzene rings is 1. The summed E-state index contributed by atoms with van der Waals surface area (Å²) in [4.78, 5) is 12.2. The van der Waals surface area contributed by atoms with Gasteiger partial charge in [-0.3, -0.25) is 4.79 Å². The maximum atomic E-state index is 13.7. The Morgan fingerprint density at radius 1 is 1.21 bits per heavy atom. The number of halogens is 2. The molecule has 1 saturated heterocycles. The van der Waals surface area contributed by atoms with Gasteiger partial charge in [-0.25, -0.2) is 8.78 Å². The van der Waals surface area contributed by atoms with Crippen LogP contribution in [0.15, 0.2) is 18.2 Å². The first-order valence-electron chi connectivity index (χ1n) is 6.35. The first-order valence-corrected chi connectivity index (χ1v) is 6.35. The van der Waals surface area contributed by atoms with Gasteiger partial charge in [0.25, 0.3) is 0 Å². The molecule has 0 radical (unpaired) electrons. The van der Waals surface area contributed by atoms with E-state index in [1.807, 2.05) is 0 Å². The lowest BCUT2D eigenvalue weighted by Gasteiger charge is -2.34. The van der Waals surface area contributed by atoms with E-state index in [4.69, 9.17) is 9.47 Å². The van der Waals surface area contributed by atoms with Gasteiger partial charge in [-0.1, -0.05) is 0 Å². The Kier molecular flexibility index (Phi) is 3.11. The van der Waals surface area contributed by atoms with Gasteiger partial charge in [0.05, 0.1) is 19.6 Å². The molecule has 102 valence electrons. The molecule has 0 N–H and O–H groups in total. The van der Waals surface area contributed by atoms with E-state index in [1.165, 1.54) is 0 Å². The highest BCUT2D eigenvalue weighted by Gasteiger charge is 2.45. The van der Waals surface area contributed by atoms with Crippen molar-refractivity contribution in [2.24, 2.45) is 0 Å². The van der Waals surface area contributed by atoms with E-state index in [2.05, 4.69) is 0 Å². The Balaban J connectivity index is 1.84. The smallest absolute Gasteiger partial charge is 0.175 e. The predicted octanol–water partition coefficient (Wildman–Crippen LogP) is 2.54. The van der Waals surface area contributed by atoms with Gasteiger partial charge in [-0.05, 0) is 24.6 Å². The van der Waals surface area contributed by atoms with Crippen LogP contribution in [0.5, 0.6) is 0 Å². The van der Waals surface area contributed by atoms with Crippen molar-refractivity contribution in [3.8, 4) is 0 Å². The number of Topliss-reactive ketones (excluding diaryl/α,β-unsaturated/α-hetero) is 1. The van der Waals surface area contributed by atoms with E-state index in [1.54, 1.807) is 0 Å². The highest BCUT2D eigenvalue weighted by molar-refractivity contribution is 5.87. The molecule has 1 aromatic carbocycles. The zero-order valence-corrected chi connectivity index (χ0v) is 10.3. The number of hydrogen-bond donors (Lipinski definition) is 0. The quantitative estimate of drug-likeness (QED) is 0.785. The van der Waals surface area contributed by atoms with Gasteiger partial charge in [0.15, 0.2) is 5.79 Å². The number of carbonyl (C=O) groups excluding carboxylic acids is 1. The van der Waals surface area contributed by atoms with Crippen LogP contribution in [0, 0.1) is 11.6 Å². The van der Waals surface area contributed by atoms with Crippen LogP contribution in [0.1, 0.15) is 30.7 Å². The highest BCUT2D eigenvalue weighted by Crippen LogP contribution is 2.40. The molecule has 2 aliphatic rings. The molecular formula is C14H14F2O3. The standard InChI is InChI=1S/C14H14F2O3/c15-9-1-2-12(16)11(7-9)10-3-4-14(8-13(10)17)18-5-6-19-14/h1-2,7,10H,3-6,8H2/t10-/m0/s1. The Morgan fingerprint density at radius 3 is 2.63 bits per heavy atom. The van der Waals surface area contributed by atoms with E-state index >= 15 is 0 Å². The molecule has 2 fully saturated rings. The maximum Gasteiger partial charge on any atom is 0.175 e. The van der Waals surface area contributed by atoms with E-state index in [0.29, 0.717) is 26.1 Å². The molecule has 1 aliphatic carbocycles. The summed E-state index contributed by atoms with van der Waals surface area (Å²) in [5.41, 5.74) is 0.137. The Hall–Kier alpha value is -1.33. The molecule has 1 atom stereocenters. The normalized spacial score (nSPS) is 26.0. The molecule has 1 aromatic rings. The molecule has 1 spiro atoms. The van der Waals surface area contributed by atoms with Crippen molar-refractivity contribution in [1.82, 2.24) is 0 Å². The van der Waals surface area contributed by atoms with Crippen molar-refractivity contribution >= 4 is 5.78 Å². The lowest BCUT2D eigenvalue weighted by atomic mass is 9.79. The van der Waals surface area contributed by atoms with Gasteiger partial charge in [-0.2, -0.15) is 0 Å². The van der Waals surface area contributed by atoms with Gasteiger partial charge in [0.1, 0.15) is 17.4 Å². The van der Waals surface area contributed by atoms with Gasteiger partial charge >= 0.3 is 0 Å². The van der Waals surface area contributed by atoms with Crippen LogP contribution in [0.2, 0.25) is 0 Å². The fourth-order valence-electron chi connectivity index (χ4n) is 2.86. The largest absolute Gasteiger partial charge is 0.347 e. The van der Waals surface area contributed by atoms with Gasteiger partial charge in [0.2, 0.25) is 0 Å². The number of carbonyl (C=O) groups is 1. The second kappa shape index (κ2) is 4.65. The fraction of sp³-hybridized carbons (Fsp3) is 0.500. The summed E-state index contributed by atoms with van der Waals surface area (Å²) in [5, 5.41) is 0. The third kappa shape index (κ3) is 2.28. The lowest BCUT2D eigenvalue weighted by molar-refractivity contribution is -0.182. The van der Waals surface area contributed by atoms with Gasteiger partial charge < -0.3 is 9.47 Å². The summed E-state index contributed by atoms with van der Waals surface area (Å²) < 4.78 is 37.9. The Bertz CT molecular complexity index is 509. The zero-order chi connectivity index (χ0) is 13.5. The third-order valence-corrected chi connectivity index (χ3v) is 3.79. The van der Waals surface area contributed by atoms with Crippen LogP contribution in [-0.2, 0) is 14.3 Å². The van der Waals surface area contributed by atoms with Crippen molar-refractivity contribution in [2.75, 3.05) is 13.2 Å². The van der Waals surface area contributed by atoms with Crippen molar-refractivity contribution in [1.29, 1.82) is 0 Å². The average Bonchev–Trinajstić information content (AvgIpc) is 2.81. The molecule has 3 rings (SSSR count). The van der Waals surface area contributed by atoms with Crippen molar-refractivity contribution in [3.63, 3.8) is 0 Å². The molecule has 0 bridgehead atoms. The van der Waals surface area contributed by atoms with Crippen molar-refractivity contribution in [3.05, 3.63) is 35.4 Å². The minimum Gasteiger partial charge on any atom is -0.347 e. The van der Waals surface area contributed by atoms with Gasteiger partial charge in [-0.15, -0.1) is 0 Å². The Labute approximate surface area is 109 Å². The fourth-order valence-corrected chi connectivity index (χ4v) is 2.86.